The summed E-state index contributed by atoms with van der Waals surface area (Å²) in [6, 6.07) is 16.8. The molecule has 0 fully saturated rings. The molecule has 0 aromatic heterocycles. The summed E-state index contributed by atoms with van der Waals surface area (Å²) in [4.78, 5) is 11.5. The van der Waals surface area contributed by atoms with Gasteiger partial charge in [0.05, 0.1) is 0 Å². The summed E-state index contributed by atoms with van der Waals surface area (Å²) >= 11 is 0. The molecule has 116 valence electrons. The summed E-state index contributed by atoms with van der Waals surface area (Å²) in [5.74, 6) is 0.745. The molecule has 2 aromatic rings. The first-order valence-corrected chi connectivity index (χ1v) is 7.20. The third-order valence-electron chi connectivity index (χ3n) is 2.98. The van der Waals surface area contributed by atoms with Gasteiger partial charge < -0.3 is 20.5 Å². The van der Waals surface area contributed by atoms with Crippen LogP contribution in [0.25, 0.3) is 0 Å². The number of anilines is 1. The molecule has 0 aliphatic heterocycles. The number of ether oxygens (including phenoxy) is 1. The predicted molar refractivity (Wildman–Crippen MR) is 85.9 cm³/mol. The van der Waals surface area contributed by atoms with Crippen molar-refractivity contribution in [3.05, 3.63) is 60.2 Å². The fourth-order valence-electron chi connectivity index (χ4n) is 1.83. The van der Waals surface area contributed by atoms with E-state index in [1.165, 1.54) is 0 Å². The van der Waals surface area contributed by atoms with Crippen LogP contribution in [-0.2, 0) is 6.61 Å². The fraction of sp³-hybridized carbons (Fsp3) is 0.235. The smallest absolute Gasteiger partial charge is 0.319 e. The van der Waals surface area contributed by atoms with Crippen molar-refractivity contribution in [2.75, 3.05) is 18.5 Å². The molecule has 0 atom stereocenters. The third kappa shape index (κ3) is 5.46. The Balaban J connectivity index is 1.79. The predicted octanol–water partition coefficient (Wildman–Crippen LogP) is 2.77. The molecule has 0 spiro atoms. The average molecular weight is 300 g/mol. The van der Waals surface area contributed by atoms with Crippen LogP contribution in [0, 0.1) is 0 Å². The lowest BCUT2D eigenvalue weighted by Gasteiger charge is -2.09. The molecular weight excluding hydrogens is 280 g/mol. The van der Waals surface area contributed by atoms with Crippen molar-refractivity contribution in [2.45, 2.75) is 13.0 Å². The Bertz CT molecular complexity index is 570. The Hall–Kier alpha value is -2.53. The van der Waals surface area contributed by atoms with E-state index in [1.54, 1.807) is 12.1 Å². The van der Waals surface area contributed by atoms with Crippen LogP contribution < -0.4 is 15.4 Å². The van der Waals surface area contributed by atoms with E-state index in [0.717, 1.165) is 11.3 Å². The Labute approximate surface area is 129 Å². The van der Waals surface area contributed by atoms with E-state index in [9.17, 15) is 4.79 Å². The van der Waals surface area contributed by atoms with Gasteiger partial charge in [0.25, 0.3) is 0 Å². The van der Waals surface area contributed by atoms with Crippen LogP contribution in [-0.4, -0.2) is 24.3 Å². The van der Waals surface area contributed by atoms with Crippen molar-refractivity contribution >= 4 is 11.7 Å². The van der Waals surface area contributed by atoms with Gasteiger partial charge in [-0.15, -0.1) is 0 Å². The van der Waals surface area contributed by atoms with Crippen molar-refractivity contribution in [3.63, 3.8) is 0 Å². The van der Waals surface area contributed by atoms with E-state index in [4.69, 9.17) is 9.84 Å². The highest BCUT2D eigenvalue weighted by atomic mass is 16.5. The maximum Gasteiger partial charge on any atom is 0.319 e. The first-order valence-electron chi connectivity index (χ1n) is 7.20. The number of carbonyl (C=O) groups excluding carboxylic acids is 1. The zero-order valence-corrected chi connectivity index (χ0v) is 12.3. The second kappa shape index (κ2) is 8.69. The number of carbonyl (C=O) groups is 1. The number of hydrogen-bond acceptors (Lipinski definition) is 3. The SMILES string of the molecule is O=C(NCCCO)Nc1ccc(OCc2ccccc2)cc1. The van der Waals surface area contributed by atoms with E-state index in [-0.39, 0.29) is 12.6 Å². The molecular formula is C17H20N2O3. The summed E-state index contributed by atoms with van der Waals surface area (Å²) in [6.07, 6.45) is 0.541. The highest BCUT2D eigenvalue weighted by molar-refractivity contribution is 5.89. The topological polar surface area (TPSA) is 70.6 Å². The Morgan fingerprint density at radius 3 is 2.45 bits per heavy atom. The van der Waals surface area contributed by atoms with Crippen LogP contribution in [0.5, 0.6) is 5.75 Å². The lowest BCUT2D eigenvalue weighted by molar-refractivity contribution is 0.249. The third-order valence-corrected chi connectivity index (χ3v) is 2.98. The van der Waals surface area contributed by atoms with E-state index in [1.807, 2.05) is 42.5 Å². The summed E-state index contributed by atoms with van der Waals surface area (Å²) < 4.78 is 5.68. The van der Waals surface area contributed by atoms with E-state index in [2.05, 4.69) is 10.6 Å². The number of aliphatic hydroxyl groups excluding tert-OH is 1. The van der Waals surface area contributed by atoms with E-state index in [0.29, 0.717) is 25.3 Å². The highest BCUT2D eigenvalue weighted by Crippen LogP contribution is 2.17. The molecule has 5 heteroatoms. The molecule has 5 nitrogen and oxygen atoms in total. The van der Waals surface area contributed by atoms with Gasteiger partial charge in [0, 0.05) is 18.8 Å². The molecule has 0 aliphatic rings. The number of nitrogens with one attached hydrogen (secondary N) is 2. The monoisotopic (exact) mass is 300 g/mol. The maximum absolute atomic E-state index is 11.5. The second-order valence-electron chi connectivity index (χ2n) is 4.76. The van der Waals surface area contributed by atoms with Crippen LogP contribution in [0.2, 0.25) is 0 Å². The maximum atomic E-state index is 11.5. The fourth-order valence-corrected chi connectivity index (χ4v) is 1.83. The van der Waals surface area contributed by atoms with Gasteiger partial charge in [0.1, 0.15) is 12.4 Å². The number of urea groups is 1. The van der Waals surface area contributed by atoms with E-state index < -0.39 is 0 Å². The molecule has 2 aromatic carbocycles. The Morgan fingerprint density at radius 1 is 1.05 bits per heavy atom. The minimum Gasteiger partial charge on any atom is -0.489 e. The quantitative estimate of drug-likeness (QED) is 0.689. The number of aliphatic hydroxyl groups is 1. The standard InChI is InChI=1S/C17H20N2O3/c20-12-4-11-18-17(21)19-15-7-9-16(10-8-15)22-13-14-5-2-1-3-6-14/h1-3,5-10,20H,4,11-13H2,(H2,18,19,21). The lowest BCUT2D eigenvalue weighted by Crippen LogP contribution is -2.29. The number of benzene rings is 2. The average Bonchev–Trinajstić information content (AvgIpc) is 2.55. The normalized spacial score (nSPS) is 10.0. The van der Waals surface area contributed by atoms with Gasteiger partial charge in [-0.1, -0.05) is 30.3 Å². The molecule has 0 bridgehead atoms. The molecule has 0 heterocycles. The van der Waals surface area contributed by atoms with Crippen molar-refractivity contribution in [1.82, 2.24) is 5.32 Å². The second-order valence-corrected chi connectivity index (χ2v) is 4.76. The molecule has 0 unspecified atom stereocenters. The van der Waals surface area contributed by atoms with Crippen LogP contribution in [0.1, 0.15) is 12.0 Å². The number of hydrogen-bond donors (Lipinski definition) is 3. The number of rotatable bonds is 7. The largest absolute Gasteiger partial charge is 0.489 e. The van der Waals surface area contributed by atoms with Crippen molar-refractivity contribution < 1.29 is 14.6 Å². The molecule has 0 saturated heterocycles. The number of amides is 2. The van der Waals surface area contributed by atoms with Gasteiger partial charge in [-0.3, -0.25) is 0 Å². The molecule has 22 heavy (non-hydrogen) atoms. The van der Waals surface area contributed by atoms with Gasteiger partial charge in [0.2, 0.25) is 0 Å². The van der Waals surface area contributed by atoms with Crippen LogP contribution in [0.15, 0.2) is 54.6 Å². The zero-order chi connectivity index (χ0) is 15.6. The van der Waals surface area contributed by atoms with Gasteiger partial charge in [-0.05, 0) is 36.2 Å². The molecule has 2 rings (SSSR count). The highest BCUT2D eigenvalue weighted by Gasteiger charge is 2.01. The van der Waals surface area contributed by atoms with Gasteiger partial charge >= 0.3 is 6.03 Å². The summed E-state index contributed by atoms with van der Waals surface area (Å²) in [5.41, 5.74) is 1.79. The van der Waals surface area contributed by atoms with Crippen LogP contribution >= 0.6 is 0 Å². The Kier molecular flexibility index (Phi) is 6.26. The Morgan fingerprint density at radius 2 is 1.77 bits per heavy atom. The zero-order valence-electron chi connectivity index (χ0n) is 12.3. The molecule has 0 radical (unpaired) electrons. The minimum atomic E-state index is -0.286. The van der Waals surface area contributed by atoms with E-state index >= 15 is 0 Å². The van der Waals surface area contributed by atoms with Gasteiger partial charge in [-0.25, -0.2) is 4.79 Å². The van der Waals surface area contributed by atoms with Crippen molar-refractivity contribution in [1.29, 1.82) is 0 Å². The van der Waals surface area contributed by atoms with Crippen LogP contribution in [0.4, 0.5) is 10.5 Å². The minimum absolute atomic E-state index is 0.0632. The summed E-state index contributed by atoms with van der Waals surface area (Å²) in [7, 11) is 0. The first-order chi connectivity index (χ1) is 10.8. The van der Waals surface area contributed by atoms with Crippen LogP contribution in [0.3, 0.4) is 0 Å². The first kappa shape index (κ1) is 15.9. The van der Waals surface area contributed by atoms with Crippen molar-refractivity contribution in [2.24, 2.45) is 0 Å². The molecule has 0 aliphatic carbocycles. The van der Waals surface area contributed by atoms with Gasteiger partial charge in [-0.2, -0.15) is 0 Å². The van der Waals surface area contributed by atoms with Gasteiger partial charge in [0.15, 0.2) is 0 Å². The summed E-state index contributed by atoms with van der Waals surface area (Å²) in [6.45, 7) is 1.02. The summed E-state index contributed by atoms with van der Waals surface area (Å²) in [5, 5.41) is 14.0. The molecule has 3 N–H and O–H groups in total. The van der Waals surface area contributed by atoms with Crippen molar-refractivity contribution in [3.8, 4) is 5.75 Å². The molecule has 2 amide bonds. The lowest BCUT2D eigenvalue weighted by atomic mass is 10.2. The molecule has 0 saturated carbocycles.